The average Bonchev–Trinajstić information content (AvgIpc) is 3.01. The third-order valence-corrected chi connectivity index (χ3v) is 2.54. The van der Waals surface area contributed by atoms with E-state index in [4.69, 9.17) is 0 Å². The van der Waals surface area contributed by atoms with E-state index in [1.165, 1.54) is 18.4 Å². The first-order valence-electron chi connectivity index (χ1n) is 5.03. The van der Waals surface area contributed by atoms with Gasteiger partial charge in [-0.2, -0.15) is 0 Å². The van der Waals surface area contributed by atoms with Crippen molar-refractivity contribution in [3.05, 3.63) is 41.0 Å². The molecule has 0 aromatic heterocycles. The Morgan fingerprint density at radius 1 is 1.43 bits per heavy atom. The molecule has 0 saturated heterocycles. The molecule has 0 N–H and O–H groups in total. The molecule has 1 aliphatic carbocycles. The highest BCUT2D eigenvalue weighted by molar-refractivity contribution is 5.80. The maximum atomic E-state index is 10.5. The van der Waals surface area contributed by atoms with Gasteiger partial charge in [0.15, 0.2) is 0 Å². The molecule has 0 bridgehead atoms. The third-order valence-electron chi connectivity index (χ3n) is 2.54. The number of rotatable bonds is 3. The van der Waals surface area contributed by atoms with Crippen molar-refractivity contribution in [2.24, 2.45) is 0 Å². The van der Waals surface area contributed by atoms with E-state index >= 15 is 0 Å². The number of hydrogen-bond donors (Lipinski definition) is 0. The Bertz CT molecular complexity index is 373. The second-order valence-electron chi connectivity index (χ2n) is 3.95. The van der Waals surface area contributed by atoms with Gasteiger partial charge < -0.3 is 0 Å². The Morgan fingerprint density at radius 3 is 2.86 bits per heavy atom. The lowest BCUT2D eigenvalue weighted by Crippen LogP contribution is -1.82. The smallest absolute Gasteiger partial charge is 0.145 e. The fourth-order valence-corrected chi connectivity index (χ4v) is 1.62. The Labute approximate surface area is 84.5 Å². The molecule has 0 atom stereocenters. The first kappa shape index (κ1) is 9.20. The molecule has 0 amide bonds. The van der Waals surface area contributed by atoms with Crippen molar-refractivity contribution in [1.82, 2.24) is 0 Å². The van der Waals surface area contributed by atoms with Gasteiger partial charge in [-0.1, -0.05) is 24.3 Å². The van der Waals surface area contributed by atoms with Crippen LogP contribution in [0, 0.1) is 0 Å². The zero-order valence-corrected chi connectivity index (χ0v) is 8.36. The van der Waals surface area contributed by atoms with Gasteiger partial charge in [0.25, 0.3) is 0 Å². The van der Waals surface area contributed by atoms with Crippen molar-refractivity contribution in [1.29, 1.82) is 0 Å². The molecule has 1 aliphatic rings. The number of benzene rings is 1. The van der Waals surface area contributed by atoms with Crippen LogP contribution in [0.1, 0.15) is 36.8 Å². The number of aldehydes is 1. The van der Waals surface area contributed by atoms with E-state index in [-0.39, 0.29) is 0 Å². The molecule has 14 heavy (non-hydrogen) atoms. The van der Waals surface area contributed by atoms with Gasteiger partial charge in [0.1, 0.15) is 6.29 Å². The lowest BCUT2D eigenvalue weighted by molar-refractivity contribution is -0.104. The average molecular weight is 186 g/mol. The second kappa shape index (κ2) is 3.79. The van der Waals surface area contributed by atoms with Crippen molar-refractivity contribution in [2.75, 3.05) is 0 Å². The number of carbonyl (C=O) groups excluding carboxylic acids is 1. The fraction of sp³-hybridized carbons (Fsp3) is 0.308. The van der Waals surface area contributed by atoms with Gasteiger partial charge >= 0.3 is 0 Å². The van der Waals surface area contributed by atoms with Crippen LogP contribution in [0.2, 0.25) is 0 Å². The van der Waals surface area contributed by atoms with E-state index in [1.54, 1.807) is 0 Å². The zero-order chi connectivity index (χ0) is 9.97. The highest BCUT2D eigenvalue weighted by Crippen LogP contribution is 2.40. The van der Waals surface area contributed by atoms with Crippen molar-refractivity contribution < 1.29 is 4.79 Å². The summed E-state index contributed by atoms with van der Waals surface area (Å²) in [4.78, 5) is 10.5. The molecule has 0 spiro atoms. The Balaban J connectivity index is 2.25. The highest BCUT2D eigenvalue weighted by Gasteiger charge is 2.22. The van der Waals surface area contributed by atoms with Gasteiger partial charge in [0, 0.05) is 0 Å². The lowest BCUT2D eigenvalue weighted by Gasteiger charge is -1.99. The monoisotopic (exact) mass is 186 g/mol. The van der Waals surface area contributed by atoms with Gasteiger partial charge in [-0.15, -0.1) is 0 Å². The molecule has 1 fully saturated rings. The maximum Gasteiger partial charge on any atom is 0.145 e. The minimum Gasteiger partial charge on any atom is -0.298 e. The van der Waals surface area contributed by atoms with E-state index < -0.39 is 0 Å². The zero-order valence-electron chi connectivity index (χ0n) is 8.36. The molecular weight excluding hydrogens is 172 g/mol. The number of hydrogen-bond acceptors (Lipinski definition) is 1. The summed E-state index contributed by atoms with van der Waals surface area (Å²) < 4.78 is 0. The molecule has 1 aromatic carbocycles. The standard InChI is InChI=1S/C13H14O/c1-10(9-14)7-11-3-2-4-13(8-11)12-5-6-12/h2-4,7-9,12H,5-6H2,1H3. The Morgan fingerprint density at radius 2 is 2.21 bits per heavy atom. The molecule has 0 aliphatic heterocycles. The summed E-state index contributed by atoms with van der Waals surface area (Å²) in [5.41, 5.74) is 3.33. The normalized spacial score (nSPS) is 16.8. The number of carbonyl (C=O) groups is 1. The molecule has 1 nitrogen and oxygen atoms in total. The van der Waals surface area contributed by atoms with Crippen molar-refractivity contribution in [3.8, 4) is 0 Å². The minimum atomic E-state index is 0.776. The fourth-order valence-electron chi connectivity index (χ4n) is 1.62. The van der Waals surface area contributed by atoms with Crippen LogP contribution < -0.4 is 0 Å². The number of allylic oxidation sites excluding steroid dienone is 1. The molecule has 0 radical (unpaired) electrons. The van der Waals surface area contributed by atoms with Crippen LogP contribution in [0.4, 0.5) is 0 Å². The summed E-state index contributed by atoms with van der Waals surface area (Å²) in [6.07, 6.45) is 5.46. The van der Waals surface area contributed by atoms with Gasteiger partial charge in [-0.05, 0) is 48.5 Å². The molecule has 0 heterocycles. The van der Waals surface area contributed by atoms with Crippen LogP contribution >= 0.6 is 0 Å². The second-order valence-corrected chi connectivity index (χ2v) is 3.95. The molecule has 1 aromatic rings. The first-order valence-corrected chi connectivity index (χ1v) is 5.03. The summed E-state index contributed by atoms with van der Waals surface area (Å²) in [5.74, 6) is 0.778. The predicted octanol–water partition coefficient (Wildman–Crippen LogP) is 3.17. The summed E-state index contributed by atoms with van der Waals surface area (Å²) in [5, 5.41) is 0. The van der Waals surface area contributed by atoms with E-state index in [0.29, 0.717) is 0 Å². The van der Waals surface area contributed by atoms with E-state index in [9.17, 15) is 4.79 Å². The van der Waals surface area contributed by atoms with Crippen molar-refractivity contribution in [3.63, 3.8) is 0 Å². The van der Waals surface area contributed by atoms with Crippen LogP contribution in [0.5, 0.6) is 0 Å². The molecule has 0 unspecified atom stereocenters. The van der Waals surface area contributed by atoms with Crippen LogP contribution in [0.3, 0.4) is 0 Å². The van der Waals surface area contributed by atoms with Crippen LogP contribution in [0.25, 0.3) is 6.08 Å². The Hall–Kier alpha value is -1.37. The lowest BCUT2D eigenvalue weighted by atomic mass is 10.1. The topological polar surface area (TPSA) is 17.1 Å². The molecule has 1 saturated carbocycles. The third kappa shape index (κ3) is 2.11. The molecule has 2 rings (SSSR count). The molecule has 72 valence electrons. The molecular formula is C13H14O. The van der Waals surface area contributed by atoms with Crippen molar-refractivity contribution >= 4 is 12.4 Å². The van der Waals surface area contributed by atoms with Crippen LogP contribution in [0.15, 0.2) is 29.8 Å². The van der Waals surface area contributed by atoms with Gasteiger partial charge in [0.2, 0.25) is 0 Å². The summed E-state index contributed by atoms with van der Waals surface area (Å²) in [7, 11) is 0. The van der Waals surface area contributed by atoms with Gasteiger partial charge in [0.05, 0.1) is 0 Å². The van der Waals surface area contributed by atoms with Gasteiger partial charge in [-0.25, -0.2) is 0 Å². The minimum absolute atomic E-state index is 0.776. The summed E-state index contributed by atoms with van der Waals surface area (Å²) in [6.45, 7) is 1.83. The van der Waals surface area contributed by atoms with E-state index in [2.05, 4.69) is 18.2 Å². The predicted molar refractivity (Wildman–Crippen MR) is 58.1 cm³/mol. The van der Waals surface area contributed by atoms with E-state index in [0.717, 1.165) is 23.3 Å². The largest absolute Gasteiger partial charge is 0.298 e. The highest BCUT2D eigenvalue weighted by atomic mass is 16.1. The SMILES string of the molecule is CC(C=O)=Cc1cccc(C2CC2)c1. The molecule has 1 heteroatoms. The van der Waals surface area contributed by atoms with Crippen LogP contribution in [-0.2, 0) is 4.79 Å². The quantitative estimate of drug-likeness (QED) is 0.523. The summed E-state index contributed by atoms with van der Waals surface area (Å²) >= 11 is 0. The maximum absolute atomic E-state index is 10.5. The summed E-state index contributed by atoms with van der Waals surface area (Å²) in [6, 6.07) is 8.46. The Kier molecular flexibility index (Phi) is 2.49. The first-order chi connectivity index (χ1) is 6.79. The van der Waals surface area contributed by atoms with Gasteiger partial charge in [-0.3, -0.25) is 4.79 Å². The van der Waals surface area contributed by atoms with E-state index in [1.807, 2.05) is 19.1 Å². The van der Waals surface area contributed by atoms with Crippen molar-refractivity contribution in [2.45, 2.75) is 25.7 Å². The van der Waals surface area contributed by atoms with Crippen LogP contribution in [-0.4, -0.2) is 6.29 Å².